The summed E-state index contributed by atoms with van der Waals surface area (Å²) in [5.74, 6) is 0.334. The molecule has 2 unspecified atom stereocenters. The first-order chi connectivity index (χ1) is 8.70. The molecule has 0 heterocycles. The molecule has 2 nitrogen and oxygen atoms in total. The van der Waals surface area contributed by atoms with Gasteiger partial charge in [-0.05, 0) is 55.9 Å². The predicted molar refractivity (Wildman–Crippen MR) is 75.1 cm³/mol. The largest absolute Gasteiger partial charge is 0.458 e. The third-order valence-electron chi connectivity index (χ3n) is 3.73. The maximum absolute atomic E-state index is 12.0. The molecule has 0 N–H and O–H groups in total. The van der Waals surface area contributed by atoms with Crippen LogP contribution in [0.25, 0.3) is 0 Å². The summed E-state index contributed by atoms with van der Waals surface area (Å²) in [5.41, 5.74) is 0.619. The average Bonchev–Trinajstić information content (AvgIpc) is 2.40. The zero-order valence-corrected chi connectivity index (χ0v) is 11.7. The second-order valence-corrected chi connectivity index (χ2v) is 5.46. The van der Waals surface area contributed by atoms with Crippen molar-refractivity contribution in [1.82, 2.24) is 0 Å². The van der Waals surface area contributed by atoms with Crippen molar-refractivity contribution in [2.24, 2.45) is 5.92 Å². The van der Waals surface area contributed by atoms with Crippen LogP contribution in [0, 0.1) is 5.92 Å². The van der Waals surface area contributed by atoms with Gasteiger partial charge in [-0.15, -0.1) is 12.6 Å². The fourth-order valence-electron chi connectivity index (χ4n) is 2.60. The van der Waals surface area contributed by atoms with E-state index in [0.29, 0.717) is 11.5 Å². The van der Waals surface area contributed by atoms with E-state index in [1.54, 1.807) is 12.1 Å². The topological polar surface area (TPSA) is 26.3 Å². The van der Waals surface area contributed by atoms with Gasteiger partial charge in [0.05, 0.1) is 5.56 Å². The maximum atomic E-state index is 12.0. The number of hydrogen-bond donors (Lipinski definition) is 1. The van der Waals surface area contributed by atoms with Gasteiger partial charge in [-0.2, -0.15) is 0 Å². The number of esters is 1. The van der Waals surface area contributed by atoms with Crippen molar-refractivity contribution in [3.8, 4) is 0 Å². The number of benzene rings is 1. The van der Waals surface area contributed by atoms with E-state index in [-0.39, 0.29) is 12.1 Å². The van der Waals surface area contributed by atoms with E-state index in [1.165, 1.54) is 19.3 Å². The number of rotatable bonds is 3. The first kappa shape index (κ1) is 13.5. The zero-order chi connectivity index (χ0) is 13.0. The van der Waals surface area contributed by atoms with Crippen LogP contribution in [0.15, 0.2) is 29.2 Å². The van der Waals surface area contributed by atoms with Crippen molar-refractivity contribution >= 4 is 18.6 Å². The molecule has 1 aromatic rings. The number of carbonyl (C=O) groups is 1. The minimum atomic E-state index is -0.200. The molecule has 1 saturated carbocycles. The summed E-state index contributed by atoms with van der Waals surface area (Å²) >= 11 is 4.21. The molecule has 1 aromatic carbocycles. The number of thiol groups is 1. The Kier molecular flexibility index (Phi) is 4.70. The molecule has 98 valence electrons. The number of carbonyl (C=O) groups excluding carboxylic acids is 1. The summed E-state index contributed by atoms with van der Waals surface area (Å²) in [7, 11) is 0. The van der Waals surface area contributed by atoms with Crippen LogP contribution in [-0.4, -0.2) is 12.1 Å². The molecular formula is C15H20O2S. The third-order valence-corrected chi connectivity index (χ3v) is 4.02. The van der Waals surface area contributed by atoms with Gasteiger partial charge in [0.25, 0.3) is 0 Å². The highest BCUT2D eigenvalue weighted by molar-refractivity contribution is 7.80. The zero-order valence-electron chi connectivity index (χ0n) is 10.8. The Balaban J connectivity index is 1.99. The van der Waals surface area contributed by atoms with E-state index in [9.17, 15) is 4.79 Å². The molecule has 0 bridgehead atoms. The second kappa shape index (κ2) is 6.28. The predicted octanol–water partition coefficient (Wildman–Crippen LogP) is 4.10. The molecule has 3 heteroatoms. The first-order valence-corrected chi connectivity index (χ1v) is 7.15. The smallest absolute Gasteiger partial charge is 0.338 e. The maximum Gasteiger partial charge on any atom is 0.338 e. The quantitative estimate of drug-likeness (QED) is 0.657. The molecule has 0 radical (unpaired) electrons. The van der Waals surface area contributed by atoms with Crippen LogP contribution < -0.4 is 0 Å². The lowest BCUT2D eigenvalue weighted by Crippen LogP contribution is -2.29. The van der Waals surface area contributed by atoms with Crippen molar-refractivity contribution in [3.63, 3.8) is 0 Å². The van der Waals surface area contributed by atoms with E-state index in [2.05, 4.69) is 19.6 Å². The first-order valence-electron chi connectivity index (χ1n) is 6.70. The van der Waals surface area contributed by atoms with Crippen molar-refractivity contribution in [1.29, 1.82) is 0 Å². The van der Waals surface area contributed by atoms with Gasteiger partial charge in [-0.1, -0.05) is 13.3 Å². The summed E-state index contributed by atoms with van der Waals surface area (Å²) in [5, 5.41) is 0. The van der Waals surface area contributed by atoms with E-state index < -0.39 is 0 Å². The van der Waals surface area contributed by atoms with E-state index in [1.807, 2.05) is 12.1 Å². The molecule has 2 rings (SSSR count). The molecule has 2 atom stereocenters. The molecule has 0 amide bonds. The van der Waals surface area contributed by atoms with Gasteiger partial charge in [0.1, 0.15) is 6.10 Å². The summed E-state index contributed by atoms with van der Waals surface area (Å²) in [4.78, 5) is 12.9. The van der Waals surface area contributed by atoms with Crippen LogP contribution in [0.5, 0.6) is 0 Å². The monoisotopic (exact) mass is 264 g/mol. The van der Waals surface area contributed by atoms with Crippen molar-refractivity contribution in [3.05, 3.63) is 29.8 Å². The van der Waals surface area contributed by atoms with Gasteiger partial charge in [0.2, 0.25) is 0 Å². The van der Waals surface area contributed by atoms with Crippen LogP contribution in [-0.2, 0) is 4.74 Å². The highest BCUT2D eigenvalue weighted by Gasteiger charge is 2.27. The van der Waals surface area contributed by atoms with Crippen LogP contribution in [0.4, 0.5) is 0 Å². The van der Waals surface area contributed by atoms with Crippen LogP contribution in [0.2, 0.25) is 0 Å². The van der Waals surface area contributed by atoms with Crippen molar-refractivity contribution in [2.75, 3.05) is 0 Å². The molecule has 1 aliphatic rings. The molecule has 1 aliphatic carbocycles. The van der Waals surface area contributed by atoms with Gasteiger partial charge < -0.3 is 4.74 Å². The lowest BCUT2D eigenvalue weighted by molar-refractivity contribution is 0.000705. The minimum absolute atomic E-state index is 0.104. The van der Waals surface area contributed by atoms with E-state index in [4.69, 9.17) is 4.74 Å². The lowest BCUT2D eigenvalue weighted by Gasteiger charge is -2.30. The molecule has 18 heavy (non-hydrogen) atoms. The highest BCUT2D eigenvalue weighted by Crippen LogP contribution is 2.29. The molecule has 0 saturated heterocycles. The average molecular weight is 264 g/mol. The normalized spacial score (nSPS) is 23.7. The Morgan fingerprint density at radius 1 is 1.28 bits per heavy atom. The second-order valence-electron chi connectivity index (χ2n) is 4.94. The lowest BCUT2D eigenvalue weighted by atomic mass is 9.85. The summed E-state index contributed by atoms with van der Waals surface area (Å²) in [6.45, 7) is 2.17. The Bertz CT molecular complexity index is 399. The molecule has 0 aliphatic heterocycles. The number of ether oxygens (including phenoxy) is 1. The highest BCUT2D eigenvalue weighted by atomic mass is 32.1. The van der Waals surface area contributed by atoms with Crippen LogP contribution >= 0.6 is 12.6 Å². The van der Waals surface area contributed by atoms with E-state index >= 15 is 0 Å². The fraction of sp³-hybridized carbons (Fsp3) is 0.533. The number of hydrogen-bond acceptors (Lipinski definition) is 3. The molecule has 0 spiro atoms. The molecule has 0 aromatic heterocycles. The van der Waals surface area contributed by atoms with Gasteiger partial charge in [-0.3, -0.25) is 0 Å². The van der Waals surface area contributed by atoms with Crippen LogP contribution in [0.3, 0.4) is 0 Å². The van der Waals surface area contributed by atoms with E-state index in [0.717, 1.165) is 17.7 Å². The Morgan fingerprint density at radius 3 is 2.61 bits per heavy atom. The summed E-state index contributed by atoms with van der Waals surface area (Å²) in [6, 6.07) is 7.18. The Morgan fingerprint density at radius 2 is 1.94 bits per heavy atom. The van der Waals surface area contributed by atoms with Crippen molar-refractivity contribution < 1.29 is 9.53 Å². The van der Waals surface area contributed by atoms with Crippen LogP contribution in [0.1, 0.15) is 49.4 Å². The van der Waals surface area contributed by atoms with Crippen molar-refractivity contribution in [2.45, 2.75) is 50.0 Å². The van der Waals surface area contributed by atoms with Gasteiger partial charge >= 0.3 is 5.97 Å². The van der Waals surface area contributed by atoms with Gasteiger partial charge in [0.15, 0.2) is 0 Å². The third kappa shape index (κ3) is 3.29. The Labute approximate surface area is 114 Å². The Hall–Kier alpha value is -0.960. The van der Waals surface area contributed by atoms with Gasteiger partial charge in [0, 0.05) is 4.90 Å². The van der Waals surface area contributed by atoms with Gasteiger partial charge in [-0.25, -0.2) is 4.79 Å². The molecular weight excluding hydrogens is 244 g/mol. The summed E-state index contributed by atoms with van der Waals surface area (Å²) in [6.07, 6.45) is 5.82. The summed E-state index contributed by atoms with van der Waals surface area (Å²) < 4.78 is 5.66. The SMILES string of the molecule is CCC1CCCCC1OC(=O)c1ccc(S)cc1. The standard InChI is InChI=1S/C15H20O2S/c1-2-11-5-3-4-6-14(11)17-15(16)12-7-9-13(18)10-8-12/h7-11,14,18H,2-6H2,1H3. The molecule has 1 fully saturated rings. The fourth-order valence-corrected chi connectivity index (χ4v) is 2.75. The minimum Gasteiger partial charge on any atom is -0.458 e.